The summed E-state index contributed by atoms with van der Waals surface area (Å²) < 4.78 is 0. The number of rotatable bonds is 25. The number of carbonyl (C=O) groups is 8. The van der Waals surface area contributed by atoms with Crippen molar-refractivity contribution in [1.29, 1.82) is 0 Å². The summed E-state index contributed by atoms with van der Waals surface area (Å²) in [6.45, 7) is 5.87. The maximum absolute atomic E-state index is 12.7. The Balaban J connectivity index is 4.87. The van der Waals surface area contributed by atoms with Crippen LogP contribution in [0.1, 0.15) is 85.0 Å². The van der Waals surface area contributed by atoms with Crippen LogP contribution in [0.4, 0.5) is 0 Å². The van der Waals surface area contributed by atoms with Gasteiger partial charge in [0, 0.05) is 44.3 Å². The number of nitrogens with zero attached hydrogens (tertiary/aromatic N) is 1. The topological polar surface area (TPSA) is 224 Å². The van der Waals surface area contributed by atoms with Gasteiger partial charge in [-0.1, -0.05) is 27.2 Å². The first-order valence-electron chi connectivity index (χ1n) is 16.6. The van der Waals surface area contributed by atoms with Crippen molar-refractivity contribution in [1.82, 2.24) is 41.9 Å². The Kier molecular flexibility index (Phi) is 23.1. The number of Topliss-reactive ketones (excluding diaryl/α,β-unsaturated/α-hetero) is 1. The summed E-state index contributed by atoms with van der Waals surface area (Å²) >= 11 is 0. The number of hydrogen-bond donors (Lipinski definition) is 7. The highest BCUT2D eigenvalue weighted by Gasteiger charge is 2.23. The predicted octanol–water partition coefficient (Wildman–Crippen LogP) is -4.37. The summed E-state index contributed by atoms with van der Waals surface area (Å²) in [5.74, 6) is -2.46. The van der Waals surface area contributed by atoms with E-state index in [1.165, 1.54) is 20.9 Å². The lowest BCUT2D eigenvalue weighted by molar-refractivity contribution is -0.130. The van der Waals surface area contributed by atoms with E-state index in [2.05, 4.69) is 37.0 Å². The molecule has 0 aliphatic carbocycles. The normalized spacial score (nSPS) is 11.5. The van der Waals surface area contributed by atoms with Crippen LogP contribution in [-0.4, -0.2) is 121 Å². The molecule has 1 atom stereocenters. The van der Waals surface area contributed by atoms with Crippen LogP contribution in [0.3, 0.4) is 0 Å². The van der Waals surface area contributed by atoms with Crippen LogP contribution >= 0.6 is 0 Å². The summed E-state index contributed by atoms with van der Waals surface area (Å²) in [6, 6.07) is -1.03. The van der Waals surface area contributed by atoms with Gasteiger partial charge in [0.05, 0.1) is 26.1 Å². The molecule has 0 rings (SSSR count). The van der Waals surface area contributed by atoms with Gasteiger partial charge in [0.1, 0.15) is 11.8 Å². The molecule has 19 heteroatoms. The van der Waals surface area contributed by atoms with Crippen molar-refractivity contribution in [3.63, 3.8) is 0 Å². The standard InChI is InChI=1S/C29H55B3N8O8/c1-29(2,3)21(41)10-5-4-7-13-33-25(45)17-40(18-26(46)34-14-8-6-11-23(43)37-30)19-27(47)35-15-9-12-22(42)36-20(28(48)39-32)16-24(44)38-31/h20H,4-19,30-32H2,1-3H3,(H,33,45)(H,34,46)(H,35,47)(H,36,42)(H,37,43)(H,38,44)(H,39,48)/t20-/m0/s1. The number of nitrogens with one attached hydrogen (secondary N) is 7. The van der Waals surface area contributed by atoms with Gasteiger partial charge in [-0.3, -0.25) is 43.3 Å². The smallest absolute Gasteiger partial charge is 0.234 e. The molecule has 0 fully saturated rings. The SMILES string of the molecule is BNC(=O)CCCCNC(=O)CN(CC(=O)NCCCCCC(=O)C(C)(C)C)CC(=O)NCCCC(=O)N[C@@H](CC(=O)NB)C(=O)NB. The molecule has 0 saturated carbocycles. The van der Waals surface area contributed by atoms with Gasteiger partial charge < -0.3 is 37.0 Å². The van der Waals surface area contributed by atoms with Gasteiger partial charge in [0.25, 0.3) is 0 Å². The first-order valence-corrected chi connectivity index (χ1v) is 16.6. The summed E-state index contributed by atoms with van der Waals surface area (Å²) in [5.41, 5.74) is -0.372. The average Bonchev–Trinajstić information content (AvgIpc) is 3.02. The van der Waals surface area contributed by atoms with Gasteiger partial charge in [-0.15, -0.1) is 0 Å². The Morgan fingerprint density at radius 2 is 1.00 bits per heavy atom. The largest absolute Gasteiger partial charge is 0.406 e. The molecular weight excluding hydrogens is 621 g/mol. The van der Waals surface area contributed by atoms with Crippen LogP contribution in [0.5, 0.6) is 0 Å². The van der Waals surface area contributed by atoms with E-state index in [0.717, 1.165) is 12.8 Å². The van der Waals surface area contributed by atoms with Gasteiger partial charge in [-0.2, -0.15) is 0 Å². The Hall–Kier alpha value is -3.89. The highest BCUT2D eigenvalue weighted by molar-refractivity contribution is 6.17. The minimum Gasteiger partial charge on any atom is -0.406 e. The van der Waals surface area contributed by atoms with Crippen molar-refractivity contribution < 1.29 is 38.4 Å². The molecule has 16 nitrogen and oxygen atoms in total. The number of ketones is 1. The Morgan fingerprint density at radius 1 is 0.542 bits per heavy atom. The molecule has 48 heavy (non-hydrogen) atoms. The summed E-state index contributed by atoms with van der Waals surface area (Å²) in [4.78, 5) is 98.8. The molecule has 0 aromatic heterocycles. The van der Waals surface area contributed by atoms with Crippen molar-refractivity contribution in [2.45, 2.75) is 91.0 Å². The molecule has 268 valence electrons. The lowest BCUT2D eigenvalue weighted by Gasteiger charge is -2.21. The molecule has 7 N–H and O–H groups in total. The van der Waals surface area contributed by atoms with E-state index in [9.17, 15) is 38.4 Å². The van der Waals surface area contributed by atoms with E-state index < -0.39 is 29.7 Å². The van der Waals surface area contributed by atoms with Gasteiger partial charge in [-0.05, 0) is 32.1 Å². The average molecular weight is 676 g/mol. The van der Waals surface area contributed by atoms with Crippen molar-refractivity contribution in [3.05, 3.63) is 0 Å². The summed E-state index contributed by atoms with van der Waals surface area (Å²) in [6.07, 6.45) is 4.22. The van der Waals surface area contributed by atoms with Gasteiger partial charge >= 0.3 is 0 Å². The van der Waals surface area contributed by atoms with Crippen LogP contribution in [0, 0.1) is 5.41 Å². The second kappa shape index (κ2) is 25.2. The van der Waals surface area contributed by atoms with Crippen molar-refractivity contribution in [2.75, 3.05) is 39.3 Å². The quantitative estimate of drug-likeness (QED) is 0.0366. The molecule has 0 aliphatic rings. The van der Waals surface area contributed by atoms with Crippen LogP contribution in [0.2, 0.25) is 0 Å². The molecule has 0 heterocycles. The maximum atomic E-state index is 12.7. The third kappa shape index (κ3) is 22.6. The van der Waals surface area contributed by atoms with Crippen molar-refractivity contribution in [2.24, 2.45) is 5.41 Å². The van der Waals surface area contributed by atoms with E-state index in [-0.39, 0.29) is 74.4 Å². The van der Waals surface area contributed by atoms with Crippen LogP contribution in [-0.2, 0) is 38.4 Å². The van der Waals surface area contributed by atoms with Gasteiger partial charge in [0.15, 0.2) is 0 Å². The number of amides is 7. The zero-order valence-electron chi connectivity index (χ0n) is 29.6. The number of hydrogen-bond acceptors (Lipinski definition) is 9. The second-order valence-electron chi connectivity index (χ2n) is 12.5. The number of carbonyl (C=O) groups excluding carboxylic acids is 8. The van der Waals surface area contributed by atoms with Crippen molar-refractivity contribution in [3.8, 4) is 0 Å². The van der Waals surface area contributed by atoms with E-state index in [4.69, 9.17) is 0 Å². The Bertz CT molecular complexity index is 1090. The van der Waals surface area contributed by atoms with E-state index in [1.54, 1.807) is 7.98 Å². The summed E-state index contributed by atoms with van der Waals surface area (Å²) in [7, 11) is 4.38. The van der Waals surface area contributed by atoms with Gasteiger partial charge in [-0.25, -0.2) is 0 Å². The zero-order valence-corrected chi connectivity index (χ0v) is 29.6. The first kappa shape index (κ1) is 44.1. The highest BCUT2D eigenvalue weighted by Crippen LogP contribution is 2.18. The third-order valence-electron chi connectivity index (χ3n) is 7.24. The Labute approximate surface area is 286 Å². The van der Waals surface area contributed by atoms with Crippen molar-refractivity contribution >= 4 is 71.1 Å². The Morgan fingerprint density at radius 3 is 1.48 bits per heavy atom. The second-order valence-corrected chi connectivity index (χ2v) is 12.5. The predicted molar refractivity (Wildman–Crippen MR) is 188 cm³/mol. The van der Waals surface area contributed by atoms with E-state index in [0.29, 0.717) is 45.2 Å². The molecule has 0 bridgehead atoms. The van der Waals surface area contributed by atoms with Crippen LogP contribution in [0.15, 0.2) is 0 Å². The molecule has 0 spiro atoms. The van der Waals surface area contributed by atoms with Crippen LogP contribution in [0.25, 0.3) is 0 Å². The molecule has 0 aromatic rings. The van der Waals surface area contributed by atoms with Gasteiger partial charge in [0.2, 0.25) is 65.3 Å². The molecule has 0 radical (unpaired) electrons. The van der Waals surface area contributed by atoms with E-state index >= 15 is 0 Å². The number of unbranched alkanes of at least 4 members (excludes halogenated alkanes) is 3. The lowest BCUT2D eigenvalue weighted by Crippen LogP contribution is -2.48. The minimum absolute atomic E-state index is 0.0136. The zero-order chi connectivity index (χ0) is 36.5. The maximum Gasteiger partial charge on any atom is 0.234 e. The fourth-order valence-electron chi connectivity index (χ4n) is 4.31. The molecular formula is C29H55B3N8O8. The fraction of sp³-hybridized carbons (Fsp3) is 0.724. The molecule has 7 amide bonds. The van der Waals surface area contributed by atoms with E-state index in [1.807, 2.05) is 20.8 Å². The van der Waals surface area contributed by atoms with Crippen LogP contribution < -0.4 is 37.0 Å². The third-order valence-corrected chi connectivity index (χ3v) is 7.24. The molecule has 0 saturated heterocycles. The minimum atomic E-state index is -1.03. The molecule has 0 aromatic carbocycles. The lowest BCUT2D eigenvalue weighted by atomic mass is 9.88. The fourth-order valence-corrected chi connectivity index (χ4v) is 4.31. The highest BCUT2D eigenvalue weighted by atomic mass is 16.2. The molecule has 0 aliphatic heterocycles. The monoisotopic (exact) mass is 676 g/mol. The first-order chi connectivity index (χ1) is 22.6. The molecule has 0 unspecified atom stereocenters. The summed E-state index contributed by atoms with van der Waals surface area (Å²) in [5, 5.41) is 18.1.